The van der Waals surface area contributed by atoms with Crippen molar-refractivity contribution in [1.82, 2.24) is 0 Å². The highest BCUT2D eigenvalue weighted by molar-refractivity contribution is 5.85. The molecule has 0 fully saturated rings. The minimum atomic E-state index is -0.354. The van der Waals surface area contributed by atoms with E-state index in [0.717, 1.165) is 11.0 Å². The number of hydrogen-bond donors (Lipinski definition) is 0. The zero-order chi connectivity index (χ0) is 11.5. The summed E-state index contributed by atoms with van der Waals surface area (Å²) < 4.78 is 10.6. The summed E-state index contributed by atoms with van der Waals surface area (Å²) in [5.74, 6) is 0.0496. The molecule has 0 radical (unpaired) electrons. The minimum absolute atomic E-state index is 0. The lowest BCUT2D eigenvalue weighted by molar-refractivity contribution is -0.144. The summed E-state index contributed by atoms with van der Waals surface area (Å²) in [6, 6.07) is 9.58. The maximum Gasteiger partial charge on any atom is 0.316 e. The normalized spacial score (nSPS) is 11.9. The fourth-order valence-corrected chi connectivity index (χ4v) is 1.60. The number of carbonyl (C=O) groups is 1. The Balaban J connectivity index is 0.00000144. The number of hydrogen-bond acceptors (Lipinski definition) is 3. The summed E-state index contributed by atoms with van der Waals surface area (Å²) in [6.07, 6.45) is 0. The van der Waals surface area contributed by atoms with Gasteiger partial charge >= 0.3 is 5.97 Å². The number of benzene rings is 1. The van der Waals surface area contributed by atoms with Crippen LogP contribution in [0.4, 0.5) is 0 Å². The molecule has 0 saturated carbocycles. The molecular formula is C13H15ClO3. The topological polar surface area (TPSA) is 39.4 Å². The van der Waals surface area contributed by atoms with Gasteiger partial charge in [0.25, 0.3) is 0 Å². The Kier molecular flexibility index (Phi) is 4.58. The molecule has 1 atom stereocenters. The lowest BCUT2D eigenvalue weighted by Crippen LogP contribution is -2.12. The average molecular weight is 255 g/mol. The van der Waals surface area contributed by atoms with E-state index in [4.69, 9.17) is 9.15 Å². The van der Waals surface area contributed by atoms with Crippen molar-refractivity contribution in [2.24, 2.45) is 0 Å². The molecule has 0 amide bonds. The van der Waals surface area contributed by atoms with E-state index in [0.29, 0.717) is 12.4 Å². The molecule has 0 aliphatic rings. The van der Waals surface area contributed by atoms with Crippen LogP contribution in [0, 0.1) is 0 Å². The Labute approximate surface area is 106 Å². The smallest absolute Gasteiger partial charge is 0.316 e. The van der Waals surface area contributed by atoms with E-state index in [9.17, 15) is 4.79 Å². The van der Waals surface area contributed by atoms with Crippen molar-refractivity contribution in [3.8, 4) is 0 Å². The van der Waals surface area contributed by atoms with E-state index in [1.807, 2.05) is 30.3 Å². The third-order valence-corrected chi connectivity index (χ3v) is 2.51. The molecule has 1 unspecified atom stereocenters. The molecule has 2 aromatic rings. The molecule has 92 valence electrons. The first-order valence-corrected chi connectivity index (χ1v) is 5.37. The lowest BCUT2D eigenvalue weighted by Gasteiger charge is -2.06. The number of furan rings is 1. The van der Waals surface area contributed by atoms with Crippen molar-refractivity contribution in [3.05, 3.63) is 36.1 Å². The van der Waals surface area contributed by atoms with Crippen molar-refractivity contribution in [1.29, 1.82) is 0 Å². The van der Waals surface area contributed by atoms with Crippen LogP contribution < -0.4 is 0 Å². The van der Waals surface area contributed by atoms with E-state index in [2.05, 4.69) is 0 Å². The van der Waals surface area contributed by atoms with Crippen LogP contribution in [0.15, 0.2) is 34.7 Å². The van der Waals surface area contributed by atoms with Crippen LogP contribution in [-0.2, 0) is 9.53 Å². The summed E-state index contributed by atoms with van der Waals surface area (Å²) >= 11 is 0. The number of esters is 1. The predicted molar refractivity (Wildman–Crippen MR) is 68.5 cm³/mol. The maximum atomic E-state index is 11.5. The summed E-state index contributed by atoms with van der Waals surface area (Å²) in [5, 5.41) is 1.01. The van der Waals surface area contributed by atoms with Crippen molar-refractivity contribution >= 4 is 29.3 Å². The van der Waals surface area contributed by atoms with Crippen molar-refractivity contribution < 1.29 is 13.9 Å². The van der Waals surface area contributed by atoms with Gasteiger partial charge in [-0.25, -0.2) is 0 Å². The first kappa shape index (κ1) is 13.6. The molecule has 17 heavy (non-hydrogen) atoms. The third kappa shape index (κ3) is 2.80. The molecule has 0 aliphatic heterocycles. The van der Waals surface area contributed by atoms with Crippen LogP contribution in [0.1, 0.15) is 25.5 Å². The molecule has 0 bridgehead atoms. The van der Waals surface area contributed by atoms with Crippen LogP contribution in [0.2, 0.25) is 0 Å². The average Bonchev–Trinajstić information content (AvgIpc) is 2.71. The van der Waals surface area contributed by atoms with Gasteiger partial charge in [0.2, 0.25) is 0 Å². The van der Waals surface area contributed by atoms with Crippen LogP contribution in [0.25, 0.3) is 11.0 Å². The standard InChI is InChI=1S/C13H14O3.ClH/c1-3-15-13(14)9(2)12-8-10-6-4-5-7-11(10)16-12;/h4-9H,3H2,1-2H3;1H. The molecule has 0 saturated heterocycles. The second kappa shape index (κ2) is 5.73. The van der Waals surface area contributed by atoms with Gasteiger partial charge in [-0.05, 0) is 26.0 Å². The van der Waals surface area contributed by atoms with Crippen molar-refractivity contribution in [2.75, 3.05) is 6.61 Å². The van der Waals surface area contributed by atoms with E-state index in [1.54, 1.807) is 13.8 Å². The fraction of sp³-hybridized carbons (Fsp3) is 0.308. The highest BCUT2D eigenvalue weighted by atomic mass is 35.5. The molecule has 1 heterocycles. The monoisotopic (exact) mass is 254 g/mol. The zero-order valence-electron chi connectivity index (χ0n) is 9.80. The van der Waals surface area contributed by atoms with Gasteiger partial charge in [0.15, 0.2) is 0 Å². The SMILES string of the molecule is CCOC(=O)C(C)c1cc2ccccc2o1.Cl. The van der Waals surface area contributed by atoms with Crippen LogP contribution in [-0.4, -0.2) is 12.6 Å². The van der Waals surface area contributed by atoms with Gasteiger partial charge in [0, 0.05) is 5.39 Å². The number of fused-ring (bicyclic) bond motifs is 1. The minimum Gasteiger partial charge on any atom is -0.465 e. The summed E-state index contributed by atoms with van der Waals surface area (Å²) in [5.41, 5.74) is 0.800. The summed E-state index contributed by atoms with van der Waals surface area (Å²) in [6.45, 7) is 3.97. The Hall–Kier alpha value is -1.48. The third-order valence-electron chi connectivity index (χ3n) is 2.51. The Morgan fingerprint density at radius 3 is 2.76 bits per heavy atom. The number of ether oxygens (including phenoxy) is 1. The number of carbonyl (C=O) groups excluding carboxylic acids is 1. The molecule has 0 aliphatic carbocycles. The fourth-order valence-electron chi connectivity index (χ4n) is 1.60. The molecule has 0 spiro atoms. The number of para-hydroxylation sites is 1. The molecule has 2 rings (SSSR count). The molecule has 1 aromatic heterocycles. The Morgan fingerprint density at radius 1 is 1.41 bits per heavy atom. The molecular weight excluding hydrogens is 240 g/mol. The largest absolute Gasteiger partial charge is 0.465 e. The van der Waals surface area contributed by atoms with Crippen molar-refractivity contribution in [3.63, 3.8) is 0 Å². The van der Waals surface area contributed by atoms with Gasteiger partial charge in [-0.2, -0.15) is 0 Å². The second-order valence-electron chi connectivity index (χ2n) is 3.66. The van der Waals surface area contributed by atoms with E-state index in [1.165, 1.54) is 0 Å². The van der Waals surface area contributed by atoms with Gasteiger partial charge in [-0.1, -0.05) is 18.2 Å². The molecule has 4 heteroatoms. The lowest BCUT2D eigenvalue weighted by atomic mass is 10.1. The van der Waals surface area contributed by atoms with Crippen LogP contribution in [0.5, 0.6) is 0 Å². The molecule has 3 nitrogen and oxygen atoms in total. The summed E-state index contributed by atoms with van der Waals surface area (Å²) in [7, 11) is 0. The van der Waals surface area contributed by atoms with Gasteiger partial charge in [0.1, 0.15) is 17.3 Å². The highest BCUT2D eigenvalue weighted by Crippen LogP contribution is 2.25. The van der Waals surface area contributed by atoms with E-state index in [-0.39, 0.29) is 24.3 Å². The maximum absolute atomic E-state index is 11.5. The quantitative estimate of drug-likeness (QED) is 0.787. The number of halogens is 1. The number of rotatable bonds is 3. The first-order chi connectivity index (χ1) is 7.72. The van der Waals surface area contributed by atoms with Gasteiger partial charge in [-0.15, -0.1) is 12.4 Å². The Morgan fingerprint density at radius 2 is 2.12 bits per heavy atom. The van der Waals surface area contributed by atoms with E-state index >= 15 is 0 Å². The van der Waals surface area contributed by atoms with E-state index < -0.39 is 0 Å². The summed E-state index contributed by atoms with van der Waals surface area (Å²) in [4.78, 5) is 11.5. The van der Waals surface area contributed by atoms with Gasteiger partial charge in [0.05, 0.1) is 6.61 Å². The van der Waals surface area contributed by atoms with Crippen LogP contribution >= 0.6 is 12.4 Å². The predicted octanol–water partition coefficient (Wildman–Crippen LogP) is 3.52. The Bertz CT molecular complexity index is 471. The molecule has 1 aromatic carbocycles. The highest BCUT2D eigenvalue weighted by Gasteiger charge is 2.20. The van der Waals surface area contributed by atoms with Crippen molar-refractivity contribution in [2.45, 2.75) is 19.8 Å². The molecule has 0 N–H and O–H groups in total. The van der Waals surface area contributed by atoms with Gasteiger partial charge in [-0.3, -0.25) is 4.79 Å². The zero-order valence-corrected chi connectivity index (χ0v) is 10.6. The van der Waals surface area contributed by atoms with Crippen LogP contribution in [0.3, 0.4) is 0 Å². The van der Waals surface area contributed by atoms with Gasteiger partial charge < -0.3 is 9.15 Å². The first-order valence-electron chi connectivity index (χ1n) is 5.37. The second-order valence-corrected chi connectivity index (χ2v) is 3.66.